The van der Waals surface area contributed by atoms with Gasteiger partial charge in [-0.1, -0.05) is 47.5 Å². The van der Waals surface area contributed by atoms with Crippen molar-refractivity contribution in [2.45, 2.75) is 32.9 Å². The molecule has 0 saturated carbocycles. The summed E-state index contributed by atoms with van der Waals surface area (Å²) in [5, 5.41) is 0. The fraction of sp³-hybridized carbons (Fsp3) is 0.222. The number of ether oxygens (including phenoxy) is 1. The molecule has 0 N–H and O–H groups in total. The first kappa shape index (κ1) is 22.3. The molecule has 0 aromatic heterocycles. The zero-order valence-electron chi connectivity index (χ0n) is 18.9. The van der Waals surface area contributed by atoms with E-state index in [1.165, 1.54) is 9.80 Å². The molecule has 0 bridgehead atoms. The Morgan fingerprint density at radius 2 is 1.48 bits per heavy atom. The van der Waals surface area contributed by atoms with Crippen molar-refractivity contribution in [2.24, 2.45) is 0 Å². The van der Waals surface area contributed by atoms with E-state index in [1.54, 1.807) is 43.5 Å². The number of methoxy groups -OCH3 is 1. The van der Waals surface area contributed by atoms with Crippen LogP contribution in [0, 0.1) is 13.8 Å². The standard InChI is InChI=1S/C27H26N2O4/c1-18-4-8-20(9-5-18)17-28(26(31)21-10-14-23(33-3)15-11-21)24-16-25(30)29(27(24)32)22-12-6-19(2)7-13-22/h4-15,24H,16-17H2,1-3H3. The lowest BCUT2D eigenvalue weighted by molar-refractivity contribution is -0.122. The second kappa shape index (κ2) is 9.28. The molecule has 6 nitrogen and oxygen atoms in total. The summed E-state index contributed by atoms with van der Waals surface area (Å²) >= 11 is 0. The zero-order valence-corrected chi connectivity index (χ0v) is 18.9. The number of hydrogen-bond donors (Lipinski definition) is 0. The molecule has 1 unspecified atom stereocenters. The molecule has 3 aromatic carbocycles. The minimum Gasteiger partial charge on any atom is -0.497 e. The molecule has 0 aliphatic carbocycles. The molecule has 33 heavy (non-hydrogen) atoms. The third-order valence-corrected chi connectivity index (χ3v) is 5.86. The van der Waals surface area contributed by atoms with E-state index in [4.69, 9.17) is 4.74 Å². The average Bonchev–Trinajstić information content (AvgIpc) is 3.12. The van der Waals surface area contributed by atoms with Crippen LogP contribution in [0.3, 0.4) is 0 Å². The molecule has 0 spiro atoms. The van der Waals surface area contributed by atoms with Crippen molar-refractivity contribution in [1.29, 1.82) is 0 Å². The van der Waals surface area contributed by atoms with Crippen LogP contribution in [0.1, 0.15) is 33.5 Å². The van der Waals surface area contributed by atoms with Crippen molar-refractivity contribution in [3.8, 4) is 5.75 Å². The minimum absolute atomic E-state index is 0.0551. The molecule has 3 amide bonds. The number of benzene rings is 3. The van der Waals surface area contributed by atoms with E-state index < -0.39 is 11.9 Å². The van der Waals surface area contributed by atoms with E-state index in [0.717, 1.165) is 16.7 Å². The maximum absolute atomic E-state index is 13.5. The Morgan fingerprint density at radius 3 is 2.06 bits per heavy atom. The number of carbonyl (C=O) groups is 3. The number of amides is 3. The van der Waals surface area contributed by atoms with Crippen molar-refractivity contribution < 1.29 is 19.1 Å². The predicted molar refractivity (Wildman–Crippen MR) is 126 cm³/mol. The van der Waals surface area contributed by atoms with Crippen molar-refractivity contribution in [1.82, 2.24) is 4.90 Å². The van der Waals surface area contributed by atoms with Crippen LogP contribution in [-0.2, 0) is 16.1 Å². The molecule has 6 heteroatoms. The average molecular weight is 443 g/mol. The summed E-state index contributed by atoms with van der Waals surface area (Å²) in [6, 6.07) is 20.9. The summed E-state index contributed by atoms with van der Waals surface area (Å²) < 4.78 is 5.19. The van der Waals surface area contributed by atoms with Gasteiger partial charge in [0.2, 0.25) is 5.91 Å². The van der Waals surface area contributed by atoms with Crippen LogP contribution in [0.5, 0.6) is 5.75 Å². The van der Waals surface area contributed by atoms with Gasteiger partial charge in [0.15, 0.2) is 0 Å². The van der Waals surface area contributed by atoms with Gasteiger partial charge in [-0.15, -0.1) is 0 Å². The summed E-state index contributed by atoms with van der Waals surface area (Å²) in [5.74, 6) is -0.382. The molecule has 1 aliphatic rings. The second-order valence-corrected chi connectivity index (χ2v) is 8.27. The Hall–Kier alpha value is -3.93. The normalized spacial score (nSPS) is 15.6. The lowest BCUT2D eigenvalue weighted by atomic mass is 10.1. The highest BCUT2D eigenvalue weighted by Gasteiger charge is 2.44. The molecule has 1 fully saturated rings. The SMILES string of the molecule is COc1ccc(C(=O)N(Cc2ccc(C)cc2)C2CC(=O)N(c3ccc(C)cc3)C2=O)cc1. The molecule has 0 radical (unpaired) electrons. The van der Waals surface area contributed by atoms with Gasteiger partial charge in [0, 0.05) is 12.1 Å². The topological polar surface area (TPSA) is 66.9 Å². The first-order valence-electron chi connectivity index (χ1n) is 10.8. The third-order valence-electron chi connectivity index (χ3n) is 5.86. The molecule has 3 aromatic rings. The van der Waals surface area contributed by atoms with E-state index in [-0.39, 0.29) is 24.8 Å². The number of anilines is 1. The van der Waals surface area contributed by atoms with E-state index in [9.17, 15) is 14.4 Å². The summed E-state index contributed by atoms with van der Waals surface area (Å²) in [6.07, 6.45) is -0.0551. The van der Waals surface area contributed by atoms with Gasteiger partial charge in [0.1, 0.15) is 11.8 Å². The van der Waals surface area contributed by atoms with Gasteiger partial charge in [-0.25, -0.2) is 4.90 Å². The van der Waals surface area contributed by atoms with Crippen LogP contribution < -0.4 is 9.64 Å². The van der Waals surface area contributed by atoms with Crippen molar-refractivity contribution in [2.75, 3.05) is 12.0 Å². The number of nitrogens with zero attached hydrogens (tertiary/aromatic N) is 2. The molecule has 1 heterocycles. The van der Waals surface area contributed by atoms with Crippen LogP contribution in [0.15, 0.2) is 72.8 Å². The summed E-state index contributed by atoms with van der Waals surface area (Å²) in [7, 11) is 1.56. The van der Waals surface area contributed by atoms with Gasteiger partial charge >= 0.3 is 0 Å². The first-order valence-corrected chi connectivity index (χ1v) is 10.8. The van der Waals surface area contributed by atoms with E-state index >= 15 is 0 Å². The Morgan fingerprint density at radius 1 is 0.909 bits per heavy atom. The highest BCUT2D eigenvalue weighted by molar-refractivity contribution is 6.23. The van der Waals surface area contributed by atoms with Gasteiger partial charge in [-0.3, -0.25) is 14.4 Å². The summed E-state index contributed by atoms with van der Waals surface area (Å²) in [6.45, 7) is 4.15. The van der Waals surface area contributed by atoms with Gasteiger partial charge in [-0.2, -0.15) is 0 Å². The number of rotatable bonds is 6. The summed E-state index contributed by atoms with van der Waals surface area (Å²) in [5.41, 5.74) is 3.97. The fourth-order valence-electron chi connectivity index (χ4n) is 3.94. The Balaban J connectivity index is 1.67. The first-order chi connectivity index (χ1) is 15.9. The molecular formula is C27H26N2O4. The number of hydrogen-bond acceptors (Lipinski definition) is 4. The summed E-state index contributed by atoms with van der Waals surface area (Å²) in [4.78, 5) is 42.5. The Bertz CT molecular complexity index is 1170. The van der Waals surface area contributed by atoms with Crippen LogP contribution >= 0.6 is 0 Å². The highest BCUT2D eigenvalue weighted by Crippen LogP contribution is 2.28. The molecule has 1 aliphatic heterocycles. The van der Waals surface area contributed by atoms with Crippen molar-refractivity contribution in [3.63, 3.8) is 0 Å². The molecular weight excluding hydrogens is 416 g/mol. The van der Waals surface area contributed by atoms with Crippen molar-refractivity contribution >= 4 is 23.4 Å². The number of imide groups is 1. The number of carbonyl (C=O) groups excluding carboxylic acids is 3. The van der Waals surface area contributed by atoms with Gasteiger partial charge in [-0.05, 0) is 55.8 Å². The Labute approximate surface area is 193 Å². The lowest BCUT2D eigenvalue weighted by Crippen LogP contribution is -2.45. The highest BCUT2D eigenvalue weighted by atomic mass is 16.5. The lowest BCUT2D eigenvalue weighted by Gasteiger charge is -2.28. The van der Waals surface area contributed by atoms with Crippen LogP contribution in [0.25, 0.3) is 0 Å². The van der Waals surface area contributed by atoms with E-state index in [2.05, 4.69) is 0 Å². The third kappa shape index (κ3) is 4.65. The fourth-order valence-corrected chi connectivity index (χ4v) is 3.94. The zero-order chi connectivity index (χ0) is 23.5. The quantitative estimate of drug-likeness (QED) is 0.534. The maximum Gasteiger partial charge on any atom is 0.257 e. The van der Waals surface area contributed by atoms with Crippen LogP contribution in [-0.4, -0.2) is 35.8 Å². The molecule has 1 atom stereocenters. The van der Waals surface area contributed by atoms with E-state index in [1.807, 2.05) is 50.2 Å². The van der Waals surface area contributed by atoms with Crippen LogP contribution in [0.4, 0.5) is 5.69 Å². The molecule has 1 saturated heterocycles. The minimum atomic E-state index is -0.880. The smallest absolute Gasteiger partial charge is 0.257 e. The Kier molecular flexibility index (Phi) is 6.27. The largest absolute Gasteiger partial charge is 0.497 e. The predicted octanol–water partition coefficient (Wildman–Crippen LogP) is 4.29. The van der Waals surface area contributed by atoms with Gasteiger partial charge in [0.25, 0.3) is 11.8 Å². The van der Waals surface area contributed by atoms with Gasteiger partial charge in [0.05, 0.1) is 19.2 Å². The van der Waals surface area contributed by atoms with Gasteiger partial charge < -0.3 is 9.64 Å². The second-order valence-electron chi connectivity index (χ2n) is 8.27. The molecule has 4 rings (SSSR count). The molecule has 168 valence electrons. The van der Waals surface area contributed by atoms with Crippen molar-refractivity contribution in [3.05, 3.63) is 95.1 Å². The monoisotopic (exact) mass is 442 g/mol. The maximum atomic E-state index is 13.5. The van der Waals surface area contributed by atoms with Crippen LogP contribution in [0.2, 0.25) is 0 Å². The number of aryl methyl sites for hydroxylation is 2. The van der Waals surface area contributed by atoms with E-state index in [0.29, 0.717) is 17.0 Å².